The van der Waals surface area contributed by atoms with Gasteiger partial charge in [0.2, 0.25) is 0 Å². The lowest BCUT2D eigenvalue weighted by Gasteiger charge is -2.27. The quantitative estimate of drug-likeness (QED) is 0.315. The molecule has 0 spiro atoms. The van der Waals surface area contributed by atoms with Crippen molar-refractivity contribution in [3.05, 3.63) is 71.8 Å². The van der Waals surface area contributed by atoms with Crippen LogP contribution in [0.2, 0.25) is 0 Å². The Balaban J connectivity index is 2.23. The van der Waals surface area contributed by atoms with E-state index in [9.17, 15) is 19.2 Å². The third-order valence-electron chi connectivity index (χ3n) is 4.22. The van der Waals surface area contributed by atoms with Crippen LogP contribution in [-0.4, -0.2) is 37.0 Å². The van der Waals surface area contributed by atoms with Crippen molar-refractivity contribution in [3.63, 3.8) is 0 Å². The molecule has 0 saturated carbocycles. The zero-order valence-corrected chi connectivity index (χ0v) is 16.5. The second kappa shape index (κ2) is 9.04. The van der Waals surface area contributed by atoms with Gasteiger partial charge in [0.15, 0.2) is 5.57 Å². The molecule has 3 rings (SSSR count). The molecule has 0 radical (unpaired) electrons. The first-order chi connectivity index (χ1) is 14.5. The number of hydrogen-bond acceptors (Lipinski definition) is 6. The van der Waals surface area contributed by atoms with Gasteiger partial charge in [0.1, 0.15) is 5.57 Å². The first kappa shape index (κ1) is 20.8. The average molecular weight is 408 g/mol. The Morgan fingerprint density at radius 1 is 0.700 bits per heavy atom. The molecule has 1 saturated heterocycles. The van der Waals surface area contributed by atoms with Crippen LogP contribution in [0.4, 0.5) is 11.4 Å². The maximum Gasteiger partial charge on any atom is 0.346 e. The number of benzene rings is 2. The largest absolute Gasteiger partial charge is 0.462 e. The third-order valence-corrected chi connectivity index (χ3v) is 4.22. The molecule has 2 aromatic rings. The monoisotopic (exact) mass is 408 g/mol. The summed E-state index contributed by atoms with van der Waals surface area (Å²) in [7, 11) is 0. The molecule has 1 aliphatic rings. The Hall–Kier alpha value is -3.94. The standard InChI is InChI=1S/C22H20N2O6/c1-3-29-21(27)18(22(28)30-4-2)17-19(25)23(15-11-7-5-8-12-15)24(20(17)26)16-13-9-6-10-14-16/h5-14H,3-4H2,1-2H3. The third kappa shape index (κ3) is 3.80. The van der Waals surface area contributed by atoms with Crippen LogP contribution in [0.15, 0.2) is 71.8 Å². The van der Waals surface area contributed by atoms with E-state index in [2.05, 4.69) is 0 Å². The molecule has 1 heterocycles. The van der Waals surface area contributed by atoms with Crippen molar-refractivity contribution in [2.24, 2.45) is 0 Å². The molecule has 30 heavy (non-hydrogen) atoms. The minimum absolute atomic E-state index is 0.0395. The van der Waals surface area contributed by atoms with Crippen LogP contribution in [0.5, 0.6) is 0 Å². The molecule has 1 aliphatic heterocycles. The van der Waals surface area contributed by atoms with Gasteiger partial charge in [-0.2, -0.15) is 0 Å². The number of amides is 2. The van der Waals surface area contributed by atoms with Gasteiger partial charge >= 0.3 is 11.9 Å². The molecule has 0 unspecified atom stereocenters. The average Bonchev–Trinajstić information content (AvgIpc) is 3.01. The van der Waals surface area contributed by atoms with E-state index in [4.69, 9.17) is 9.47 Å². The minimum Gasteiger partial charge on any atom is -0.462 e. The normalized spacial score (nSPS) is 13.5. The van der Waals surface area contributed by atoms with E-state index in [1.165, 1.54) is 0 Å². The Bertz CT molecular complexity index is 921. The summed E-state index contributed by atoms with van der Waals surface area (Å²) < 4.78 is 9.85. The van der Waals surface area contributed by atoms with E-state index in [0.717, 1.165) is 10.0 Å². The van der Waals surface area contributed by atoms with Gasteiger partial charge in [-0.25, -0.2) is 19.6 Å². The van der Waals surface area contributed by atoms with Crippen LogP contribution >= 0.6 is 0 Å². The number of nitrogens with zero attached hydrogens (tertiary/aromatic N) is 2. The number of esters is 2. The Morgan fingerprint density at radius 2 is 1.07 bits per heavy atom. The number of carbonyl (C=O) groups is 4. The van der Waals surface area contributed by atoms with Gasteiger partial charge < -0.3 is 9.47 Å². The molecule has 0 N–H and O–H groups in total. The number of rotatable bonds is 6. The van der Waals surface area contributed by atoms with Crippen molar-refractivity contribution in [2.45, 2.75) is 13.8 Å². The molecule has 1 fully saturated rings. The predicted octanol–water partition coefficient (Wildman–Crippen LogP) is 2.40. The van der Waals surface area contributed by atoms with E-state index in [1.807, 2.05) is 0 Å². The van der Waals surface area contributed by atoms with Gasteiger partial charge in [-0.3, -0.25) is 9.59 Å². The number of carbonyl (C=O) groups excluding carboxylic acids is 4. The van der Waals surface area contributed by atoms with Crippen molar-refractivity contribution in [1.29, 1.82) is 0 Å². The van der Waals surface area contributed by atoms with Crippen molar-refractivity contribution in [1.82, 2.24) is 0 Å². The summed E-state index contributed by atoms with van der Waals surface area (Å²) in [6, 6.07) is 16.9. The molecular weight excluding hydrogens is 388 g/mol. The topological polar surface area (TPSA) is 93.2 Å². The highest BCUT2D eigenvalue weighted by atomic mass is 16.6. The molecule has 2 aromatic carbocycles. The highest BCUT2D eigenvalue weighted by Gasteiger charge is 2.48. The molecule has 8 heteroatoms. The van der Waals surface area contributed by atoms with Crippen LogP contribution in [0.3, 0.4) is 0 Å². The number of ether oxygens (including phenoxy) is 2. The van der Waals surface area contributed by atoms with Crippen LogP contribution in [0.25, 0.3) is 0 Å². The Labute approximate surface area is 173 Å². The molecule has 0 aliphatic carbocycles. The van der Waals surface area contributed by atoms with Crippen molar-refractivity contribution in [3.8, 4) is 0 Å². The molecule has 2 amide bonds. The number of hydrazine groups is 1. The maximum absolute atomic E-state index is 13.3. The summed E-state index contributed by atoms with van der Waals surface area (Å²) in [5, 5.41) is 2.23. The van der Waals surface area contributed by atoms with E-state index in [-0.39, 0.29) is 13.2 Å². The smallest absolute Gasteiger partial charge is 0.346 e. The van der Waals surface area contributed by atoms with Crippen LogP contribution in [-0.2, 0) is 28.7 Å². The van der Waals surface area contributed by atoms with E-state index >= 15 is 0 Å². The summed E-state index contributed by atoms with van der Waals surface area (Å²) in [6.07, 6.45) is 0. The van der Waals surface area contributed by atoms with Gasteiger partial charge in [0.05, 0.1) is 24.6 Å². The zero-order valence-electron chi connectivity index (χ0n) is 16.5. The van der Waals surface area contributed by atoms with Crippen molar-refractivity contribution < 1.29 is 28.7 Å². The number of hydrogen-bond donors (Lipinski definition) is 0. The minimum atomic E-state index is -1.09. The number of anilines is 2. The molecule has 0 aromatic heterocycles. The summed E-state index contributed by atoms with van der Waals surface area (Å²) in [6.45, 7) is 3.02. The first-order valence-corrected chi connectivity index (χ1v) is 9.38. The Kier molecular flexibility index (Phi) is 6.26. The van der Waals surface area contributed by atoms with E-state index < -0.39 is 34.9 Å². The summed E-state index contributed by atoms with van der Waals surface area (Å²) in [5.41, 5.74) is -0.531. The van der Waals surface area contributed by atoms with Gasteiger partial charge in [-0.05, 0) is 38.1 Å². The summed E-state index contributed by atoms with van der Waals surface area (Å²) in [4.78, 5) is 51.7. The molecule has 0 atom stereocenters. The maximum atomic E-state index is 13.3. The van der Waals surface area contributed by atoms with Crippen LogP contribution in [0, 0.1) is 0 Å². The second-order valence-electron chi connectivity index (χ2n) is 6.10. The molecule has 0 bridgehead atoms. The van der Waals surface area contributed by atoms with Gasteiger partial charge in [-0.15, -0.1) is 0 Å². The van der Waals surface area contributed by atoms with Crippen molar-refractivity contribution >= 4 is 35.1 Å². The lowest BCUT2D eigenvalue weighted by Crippen LogP contribution is -2.41. The summed E-state index contributed by atoms with van der Waals surface area (Å²) >= 11 is 0. The van der Waals surface area contributed by atoms with Gasteiger partial charge in [0, 0.05) is 0 Å². The van der Waals surface area contributed by atoms with Crippen LogP contribution in [0.1, 0.15) is 13.8 Å². The Morgan fingerprint density at radius 3 is 1.40 bits per heavy atom. The highest BCUT2D eigenvalue weighted by molar-refractivity contribution is 6.41. The van der Waals surface area contributed by atoms with Crippen LogP contribution < -0.4 is 10.0 Å². The fourth-order valence-electron chi connectivity index (χ4n) is 3.00. The van der Waals surface area contributed by atoms with Crippen molar-refractivity contribution in [2.75, 3.05) is 23.2 Å². The SMILES string of the molecule is CCOC(=O)C(C(=O)OCC)=C1C(=O)N(c2ccccc2)N(c2ccccc2)C1=O. The van der Waals surface area contributed by atoms with E-state index in [1.54, 1.807) is 74.5 Å². The predicted molar refractivity (Wildman–Crippen MR) is 108 cm³/mol. The lowest BCUT2D eigenvalue weighted by molar-refractivity contribution is -0.147. The number of para-hydroxylation sites is 2. The second-order valence-corrected chi connectivity index (χ2v) is 6.10. The van der Waals surface area contributed by atoms with Gasteiger partial charge in [-0.1, -0.05) is 36.4 Å². The van der Waals surface area contributed by atoms with Gasteiger partial charge in [0.25, 0.3) is 11.8 Å². The van der Waals surface area contributed by atoms with E-state index in [0.29, 0.717) is 11.4 Å². The highest BCUT2D eigenvalue weighted by Crippen LogP contribution is 2.33. The molecule has 154 valence electrons. The fraction of sp³-hybridized carbons (Fsp3) is 0.182. The fourth-order valence-corrected chi connectivity index (χ4v) is 3.00. The molecular formula is C22H20N2O6. The zero-order chi connectivity index (χ0) is 21.7. The summed E-state index contributed by atoms with van der Waals surface area (Å²) in [5.74, 6) is -3.83. The molecule has 8 nitrogen and oxygen atoms in total. The first-order valence-electron chi connectivity index (χ1n) is 9.38. The lowest BCUT2D eigenvalue weighted by atomic mass is 10.1.